The molecule has 0 atom stereocenters. The van der Waals surface area contributed by atoms with Crippen LogP contribution in [-0.4, -0.2) is 20.9 Å². The Morgan fingerprint density at radius 3 is 2.78 bits per heavy atom. The summed E-state index contributed by atoms with van der Waals surface area (Å²) in [4.78, 5) is 35.5. The molecule has 1 amide bonds. The average molecular weight is 373 g/mol. The van der Waals surface area contributed by atoms with Gasteiger partial charge in [-0.25, -0.2) is 9.97 Å². The molecule has 2 N–H and O–H groups in total. The minimum absolute atomic E-state index is 0.0233. The van der Waals surface area contributed by atoms with E-state index in [0.29, 0.717) is 16.8 Å². The maximum absolute atomic E-state index is 12.4. The number of hydrogen-bond acceptors (Lipinski definition) is 4. The molecule has 0 fully saturated rings. The maximum atomic E-state index is 12.4. The van der Waals surface area contributed by atoms with E-state index in [1.54, 1.807) is 0 Å². The van der Waals surface area contributed by atoms with Crippen LogP contribution in [0.3, 0.4) is 0 Å². The van der Waals surface area contributed by atoms with Crippen LogP contribution >= 0.6 is 15.9 Å². The highest BCUT2D eigenvalue weighted by atomic mass is 79.9. The molecule has 0 aliphatic heterocycles. The van der Waals surface area contributed by atoms with Crippen LogP contribution in [0.25, 0.3) is 11.0 Å². The Balaban J connectivity index is 1.84. The first-order valence-corrected chi connectivity index (χ1v) is 7.71. The van der Waals surface area contributed by atoms with Gasteiger partial charge in [0.1, 0.15) is 11.1 Å². The van der Waals surface area contributed by atoms with E-state index in [4.69, 9.17) is 0 Å². The lowest BCUT2D eigenvalue weighted by atomic mass is 10.1. The highest BCUT2D eigenvalue weighted by molar-refractivity contribution is 9.10. The van der Waals surface area contributed by atoms with Crippen molar-refractivity contribution in [3.05, 3.63) is 68.3 Å². The number of carbonyl (C=O) groups is 1. The third-order valence-electron chi connectivity index (χ3n) is 3.41. The van der Waals surface area contributed by atoms with E-state index in [0.717, 1.165) is 11.1 Å². The molecular formula is C16H13BrN4O2. The number of aryl methyl sites for hydroxylation is 1. The molecule has 1 aromatic carbocycles. The van der Waals surface area contributed by atoms with Crippen LogP contribution in [0.5, 0.6) is 0 Å². The Bertz CT molecular complexity index is 935. The second kappa shape index (κ2) is 6.29. The number of pyridine rings is 1. The highest BCUT2D eigenvalue weighted by Gasteiger charge is 2.14. The Morgan fingerprint density at radius 1 is 1.30 bits per heavy atom. The molecule has 0 spiro atoms. The number of aromatic amines is 1. The lowest BCUT2D eigenvalue weighted by Gasteiger charge is -2.06. The van der Waals surface area contributed by atoms with Gasteiger partial charge in [0.15, 0.2) is 4.73 Å². The number of carbonyl (C=O) groups excluding carboxylic acids is 1. The van der Waals surface area contributed by atoms with E-state index in [2.05, 4.69) is 36.2 Å². The van der Waals surface area contributed by atoms with Crippen LogP contribution in [0.2, 0.25) is 0 Å². The molecule has 0 aliphatic rings. The second-order valence-corrected chi connectivity index (χ2v) is 5.81. The molecule has 0 saturated carbocycles. The van der Waals surface area contributed by atoms with Gasteiger partial charge in [0.05, 0.1) is 11.7 Å². The number of rotatable bonds is 3. The van der Waals surface area contributed by atoms with Crippen molar-refractivity contribution < 1.29 is 4.79 Å². The fraction of sp³-hybridized carbons (Fsp3) is 0.125. The summed E-state index contributed by atoms with van der Waals surface area (Å²) in [6.07, 6.45) is 2.87. The van der Waals surface area contributed by atoms with E-state index in [-0.39, 0.29) is 11.1 Å². The topological polar surface area (TPSA) is 87.7 Å². The van der Waals surface area contributed by atoms with Crippen LogP contribution in [0.15, 0.2) is 46.2 Å². The number of halogens is 1. The molecule has 6 nitrogen and oxygen atoms in total. The molecule has 7 heteroatoms. The zero-order valence-corrected chi connectivity index (χ0v) is 13.8. The average Bonchev–Trinajstić information content (AvgIpc) is 2.55. The molecule has 116 valence electrons. The van der Waals surface area contributed by atoms with Crippen LogP contribution in [0.4, 0.5) is 0 Å². The quantitative estimate of drug-likeness (QED) is 0.690. The van der Waals surface area contributed by atoms with Gasteiger partial charge in [-0.1, -0.05) is 29.8 Å². The molecule has 0 radical (unpaired) electrons. The molecule has 3 aromatic rings. The number of nitrogens with zero attached hydrogens (tertiary/aromatic N) is 2. The summed E-state index contributed by atoms with van der Waals surface area (Å²) >= 11 is 3.12. The predicted octanol–water partition coefficient (Wildman–Crippen LogP) is 2.32. The van der Waals surface area contributed by atoms with Gasteiger partial charge < -0.3 is 10.3 Å². The molecule has 0 saturated heterocycles. The summed E-state index contributed by atoms with van der Waals surface area (Å²) in [7, 11) is 0. The number of aromatic nitrogens is 3. The first-order valence-electron chi connectivity index (χ1n) is 6.92. The Morgan fingerprint density at radius 2 is 2.04 bits per heavy atom. The summed E-state index contributed by atoms with van der Waals surface area (Å²) < 4.78 is 0.299. The van der Waals surface area contributed by atoms with Gasteiger partial charge in [0.25, 0.3) is 5.91 Å². The molecule has 0 bridgehead atoms. The summed E-state index contributed by atoms with van der Waals surface area (Å²) in [6, 6.07) is 7.81. The van der Waals surface area contributed by atoms with Crippen molar-refractivity contribution in [2.45, 2.75) is 13.5 Å². The fourth-order valence-electron chi connectivity index (χ4n) is 2.13. The van der Waals surface area contributed by atoms with Gasteiger partial charge in [0.2, 0.25) is 5.43 Å². The summed E-state index contributed by atoms with van der Waals surface area (Å²) in [5, 5.41) is 2.74. The van der Waals surface area contributed by atoms with E-state index < -0.39 is 11.3 Å². The molecule has 2 heterocycles. The molecule has 0 unspecified atom stereocenters. The summed E-state index contributed by atoms with van der Waals surface area (Å²) in [5.41, 5.74) is 2.36. The van der Waals surface area contributed by atoms with Crippen LogP contribution < -0.4 is 10.7 Å². The maximum Gasteiger partial charge on any atom is 0.257 e. The second-order valence-electron chi connectivity index (χ2n) is 5.10. The number of benzene rings is 1. The van der Waals surface area contributed by atoms with Crippen molar-refractivity contribution in [1.82, 2.24) is 20.3 Å². The van der Waals surface area contributed by atoms with Gasteiger partial charge in [0, 0.05) is 12.7 Å². The molecule has 0 aliphatic carbocycles. The Hall–Kier alpha value is -2.54. The summed E-state index contributed by atoms with van der Waals surface area (Å²) in [6.45, 7) is 2.35. The first-order chi connectivity index (χ1) is 11.0. The number of fused-ring (bicyclic) bond motifs is 1. The van der Waals surface area contributed by atoms with Gasteiger partial charge in [-0.2, -0.15) is 0 Å². The summed E-state index contributed by atoms with van der Waals surface area (Å²) in [5.74, 6) is -0.441. The van der Waals surface area contributed by atoms with Crippen LogP contribution in [0, 0.1) is 6.92 Å². The molecule has 3 rings (SSSR count). The number of nitrogens with one attached hydrogen (secondary N) is 2. The smallest absolute Gasteiger partial charge is 0.257 e. The van der Waals surface area contributed by atoms with Crippen molar-refractivity contribution in [1.29, 1.82) is 0 Å². The highest BCUT2D eigenvalue weighted by Crippen LogP contribution is 2.08. The third-order valence-corrected chi connectivity index (χ3v) is 3.79. The lowest BCUT2D eigenvalue weighted by molar-refractivity contribution is 0.0949. The van der Waals surface area contributed by atoms with Crippen molar-refractivity contribution >= 4 is 32.9 Å². The Kier molecular flexibility index (Phi) is 4.20. The zero-order chi connectivity index (χ0) is 16.4. The lowest BCUT2D eigenvalue weighted by Crippen LogP contribution is -2.28. The third kappa shape index (κ3) is 3.29. The largest absolute Gasteiger partial charge is 0.358 e. The van der Waals surface area contributed by atoms with Gasteiger partial charge >= 0.3 is 0 Å². The fourth-order valence-corrected chi connectivity index (χ4v) is 2.41. The van der Waals surface area contributed by atoms with Crippen LogP contribution in [0.1, 0.15) is 21.5 Å². The van der Waals surface area contributed by atoms with Gasteiger partial charge in [-0.3, -0.25) is 9.59 Å². The minimum Gasteiger partial charge on any atom is -0.358 e. The van der Waals surface area contributed by atoms with Crippen molar-refractivity contribution in [3.8, 4) is 0 Å². The molecule has 23 heavy (non-hydrogen) atoms. The van der Waals surface area contributed by atoms with Crippen LogP contribution in [-0.2, 0) is 6.54 Å². The van der Waals surface area contributed by atoms with Crippen molar-refractivity contribution in [3.63, 3.8) is 0 Å². The van der Waals surface area contributed by atoms with E-state index in [1.165, 1.54) is 12.4 Å². The Labute approximate surface area is 140 Å². The SMILES string of the molecule is Cc1ccc(CNC(=O)c2c[nH]c3cnc(Br)nc3c2=O)cc1. The van der Waals surface area contributed by atoms with Gasteiger partial charge in [-0.15, -0.1) is 0 Å². The van der Waals surface area contributed by atoms with E-state index in [9.17, 15) is 9.59 Å². The zero-order valence-electron chi connectivity index (χ0n) is 12.3. The minimum atomic E-state index is -0.441. The van der Waals surface area contributed by atoms with E-state index in [1.807, 2.05) is 31.2 Å². The first kappa shape index (κ1) is 15.4. The predicted molar refractivity (Wildman–Crippen MR) is 90.2 cm³/mol. The molecule has 2 aromatic heterocycles. The standard InChI is InChI=1S/C16H13BrN4O2/c1-9-2-4-10(5-3-9)6-19-15(23)11-7-18-12-8-20-16(17)21-13(12)14(11)22/h2-5,7-8H,6H2,1H3,(H,18,22)(H,19,23). The molecular weight excluding hydrogens is 360 g/mol. The van der Waals surface area contributed by atoms with E-state index >= 15 is 0 Å². The van der Waals surface area contributed by atoms with Crippen molar-refractivity contribution in [2.75, 3.05) is 0 Å². The number of hydrogen-bond donors (Lipinski definition) is 2. The van der Waals surface area contributed by atoms with Gasteiger partial charge in [-0.05, 0) is 28.4 Å². The number of H-pyrrole nitrogens is 1. The normalized spacial score (nSPS) is 10.7. The monoisotopic (exact) mass is 372 g/mol. The number of amides is 1. The van der Waals surface area contributed by atoms with Crippen molar-refractivity contribution in [2.24, 2.45) is 0 Å².